The summed E-state index contributed by atoms with van der Waals surface area (Å²) >= 11 is 0. The van der Waals surface area contributed by atoms with Crippen LogP contribution in [-0.2, 0) is 11.3 Å². The van der Waals surface area contributed by atoms with Crippen molar-refractivity contribution in [2.24, 2.45) is 11.7 Å². The lowest BCUT2D eigenvalue weighted by atomic mass is 9.96. The Balaban J connectivity index is 0.000000247. The summed E-state index contributed by atoms with van der Waals surface area (Å²) in [5.74, 6) is 0.451. The predicted molar refractivity (Wildman–Crippen MR) is 172 cm³/mol. The minimum absolute atomic E-state index is 0.0666. The Hall–Kier alpha value is -3.95. The van der Waals surface area contributed by atoms with Crippen LogP contribution in [0.5, 0.6) is 5.75 Å². The molecular formula is C36H43F4N3O2. The van der Waals surface area contributed by atoms with Crippen molar-refractivity contribution in [1.82, 2.24) is 5.32 Å². The van der Waals surface area contributed by atoms with Crippen molar-refractivity contribution in [3.05, 3.63) is 118 Å². The van der Waals surface area contributed by atoms with Gasteiger partial charge < -0.3 is 21.5 Å². The molecule has 5 N–H and O–H groups in total. The van der Waals surface area contributed by atoms with Crippen LogP contribution in [0.1, 0.15) is 74.2 Å². The number of aryl methyl sites for hydroxylation is 1. The van der Waals surface area contributed by atoms with Crippen LogP contribution in [0.4, 0.5) is 23.2 Å². The monoisotopic (exact) mass is 625 g/mol. The Kier molecular flexibility index (Phi) is 13.4. The maximum atomic E-state index is 13.5. The topological polar surface area (TPSA) is 87.4 Å². The second-order valence-electron chi connectivity index (χ2n) is 11.2. The van der Waals surface area contributed by atoms with Gasteiger partial charge in [0, 0.05) is 24.2 Å². The predicted octanol–water partition coefficient (Wildman–Crippen LogP) is 8.64. The second-order valence-corrected chi connectivity index (χ2v) is 11.2. The summed E-state index contributed by atoms with van der Waals surface area (Å²) in [6.07, 6.45) is 0.934. The van der Waals surface area contributed by atoms with E-state index in [0.29, 0.717) is 24.2 Å². The molecule has 242 valence electrons. The highest BCUT2D eigenvalue weighted by Gasteiger charge is 2.32. The summed E-state index contributed by atoms with van der Waals surface area (Å²) in [4.78, 5) is 12.2. The van der Waals surface area contributed by atoms with Gasteiger partial charge in [-0.25, -0.2) is 4.39 Å². The number of aromatic hydroxyl groups is 1. The average molecular weight is 626 g/mol. The van der Waals surface area contributed by atoms with Crippen molar-refractivity contribution in [3.8, 4) is 5.75 Å². The quantitative estimate of drug-likeness (QED) is 0.0868. The first-order chi connectivity index (χ1) is 21.5. The highest BCUT2D eigenvalue weighted by atomic mass is 19.4. The summed E-state index contributed by atoms with van der Waals surface area (Å²) < 4.78 is 52.8. The first-order valence-electron chi connectivity index (χ1n) is 15.3. The van der Waals surface area contributed by atoms with Gasteiger partial charge in [-0.2, -0.15) is 13.2 Å². The van der Waals surface area contributed by atoms with E-state index in [4.69, 9.17) is 5.73 Å². The van der Waals surface area contributed by atoms with Crippen LogP contribution in [0.2, 0.25) is 0 Å². The summed E-state index contributed by atoms with van der Waals surface area (Å²) in [5, 5.41) is 16.5. The molecule has 0 saturated heterocycles. The molecule has 0 amide bonds. The number of nitrogens with one attached hydrogen (secondary N) is 2. The number of Topliss-reactive ketones (excluding diaryl/α,β-unsaturated/α-hetero) is 1. The van der Waals surface area contributed by atoms with Crippen molar-refractivity contribution in [1.29, 1.82) is 0 Å². The van der Waals surface area contributed by atoms with Gasteiger partial charge in [-0.1, -0.05) is 62.4 Å². The molecule has 45 heavy (non-hydrogen) atoms. The van der Waals surface area contributed by atoms with E-state index in [2.05, 4.69) is 10.6 Å². The van der Waals surface area contributed by atoms with Crippen molar-refractivity contribution >= 4 is 11.5 Å². The standard InChI is InChI=1S/C18H23F3N2O.C18H20FNO/c1-3-6-14(18(19,20)21)11-16(17(24)7-4-2)23-15-9-5-8-13(10-15)12-22;1-12-10-14(8-9-16(12)19)18(20-11-13-6-7-13)15-4-2-3-5-17(15)21/h5-6,8-11,23H,3-4,7,12,22H2,1-2H3;2-5,8-10,13,18,20-21H,6-7,11H2,1H3/b14-6-,16-11-;. The Labute approximate surface area is 263 Å². The van der Waals surface area contributed by atoms with Crippen LogP contribution < -0.4 is 16.4 Å². The number of phenolic OH excluding ortho intramolecular Hbond substituents is 1. The fourth-order valence-corrected chi connectivity index (χ4v) is 4.70. The second kappa shape index (κ2) is 16.9. The maximum absolute atomic E-state index is 13.5. The van der Waals surface area contributed by atoms with Crippen LogP contribution in [0.25, 0.3) is 0 Å². The summed E-state index contributed by atoms with van der Waals surface area (Å²) in [6, 6.07) is 19.3. The number of allylic oxidation sites excluding steroid dienone is 4. The van der Waals surface area contributed by atoms with E-state index in [1.165, 1.54) is 18.9 Å². The molecule has 3 aromatic rings. The molecule has 0 heterocycles. The number of anilines is 1. The number of phenols is 1. The van der Waals surface area contributed by atoms with Gasteiger partial charge in [0.1, 0.15) is 11.6 Å². The van der Waals surface area contributed by atoms with E-state index in [9.17, 15) is 27.5 Å². The molecule has 0 spiro atoms. The van der Waals surface area contributed by atoms with Crippen LogP contribution >= 0.6 is 0 Å². The minimum Gasteiger partial charge on any atom is -0.508 e. The zero-order valence-corrected chi connectivity index (χ0v) is 26.1. The Morgan fingerprint density at radius 3 is 2.40 bits per heavy atom. The fourth-order valence-electron chi connectivity index (χ4n) is 4.70. The molecule has 1 aliphatic carbocycles. The summed E-state index contributed by atoms with van der Waals surface area (Å²) in [5.41, 5.74) is 8.47. The van der Waals surface area contributed by atoms with Gasteiger partial charge in [-0.15, -0.1) is 0 Å². The van der Waals surface area contributed by atoms with Crippen LogP contribution in [0.15, 0.2) is 90.2 Å². The SMILES string of the molecule is CC/C=C(/C=C(\Nc1cccc(CN)c1)C(=O)CCC)C(F)(F)F.Cc1cc(C(NCC2CC2)c2ccccc2O)ccc1F. The zero-order chi connectivity index (χ0) is 33.0. The first-order valence-corrected chi connectivity index (χ1v) is 15.3. The number of hydrogen-bond donors (Lipinski definition) is 4. The number of rotatable bonds is 13. The lowest BCUT2D eigenvalue weighted by molar-refractivity contribution is -0.115. The van der Waals surface area contributed by atoms with Crippen molar-refractivity contribution in [2.45, 2.75) is 71.6 Å². The number of carbonyl (C=O) groups is 1. The van der Waals surface area contributed by atoms with E-state index in [-0.39, 0.29) is 41.9 Å². The largest absolute Gasteiger partial charge is 0.508 e. The van der Waals surface area contributed by atoms with E-state index in [1.54, 1.807) is 57.2 Å². The molecule has 3 aromatic carbocycles. The molecule has 4 rings (SSSR count). The van der Waals surface area contributed by atoms with Gasteiger partial charge in [-0.3, -0.25) is 4.79 Å². The van der Waals surface area contributed by atoms with Gasteiger partial charge in [0.05, 0.1) is 17.3 Å². The van der Waals surface area contributed by atoms with E-state index >= 15 is 0 Å². The molecule has 1 fully saturated rings. The van der Waals surface area contributed by atoms with Crippen molar-refractivity contribution in [3.63, 3.8) is 0 Å². The number of nitrogens with two attached hydrogens (primary N) is 1. The Morgan fingerprint density at radius 2 is 1.80 bits per heavy atom. The van der Waals surface area contributed by atoms with Gasteiger partial charge in [0.15, 0.2) is 5.78 Å². The number of ketones is 1. The number of carbonyl (C=O) groups excluding carboxylic acids is 1. The highest BCUT2D eigenvalue weighted by Crippen LogP contribution is 2.33. The lowest BCUT2D eigenvalue weighted by Gasteiger charge is -2.21. The number of alkyl halides is 3. The smallest absolute Gasteiger partial charge is 0.416 e. The number of para-hydroxylation sites is 1. The van der Waals surface area contributed by atoms with Gasteiger partial charge >= 0.3 is 6.18 Å². The van der Waals surface area contributed by atoms with E-state index in [1.807, 2.05) is 24.3 Å². The summed E-state index contributed by atoms with van der Waals surface area (Å²) in [7, 11) is 0. The molecule has 1 atom stereocenters. The van der Waals surface area contributed by atoms with Crippen molar-refractivity contribution in [2.75, 3.05) is 11.9 Å². The van der Waals surface area contributed by atoms with Crippen molar-refractivity contribution < 1.29 is 27.5 Å². The minimum atomic E-state index is -4.51. The summed E-state index contributed by atoms with van der Waals surface area (Å²) in [6.45, 7) is 6.42. The first kappa shape index (κ1) is 35.5. The zero-order valence-electron chi connectivity index (χ0n) is 26.1. The number of hydrogen-bond acceptors (Lipinski definition) is 5. The number of benzene rings is 3. The number of halogens is 4. The molecule has 5 nitrogen and oxygen atoms in total. The normalized spacial score (nSPS) is 14.4. The molecular weight excluding hydrogens is 582 g/mol. The molecule has 0 radical (unpaired) electrons. The fraction of sp³-hybridized carbons (Fsp3) is 0.361. The van der Waals surface area contributed by atoms with Crippen LogP contribution in [0.3, 0.4) is 0 Å². The average Bonchev–Trinajstić information content (AvgIpc) is 3.84. The Morgan fingerprint density at radius 1 is 1.07 bits per heavy atom. The molecule has 9 heteroatoms. The van der Waals surface area contributed by atoms with E-state index < -0.39 is 11.7 Å². The van der Waals surface area contributed by atoms with Crippen LogP contribution in [0, 0.1) is 18.7 Å². The molecule has 0 aliphatic heterocycles. The Bertz CT molecular complexity index is 1480. The maximum Gasteiger partial charge on any atom is 0.416 e. The highest BCUT2D eigenvalue weighted by molar-refractivity contribution is 5.98. The van der Waals surface area contributed by atoms with Gasteiger partial charge in [0.2, 0.25) is 0 Å². The molecule has 1 unspecified atom stereocenters. The van der Waals surface area contributed by atoms with Gasteiger partial charge in [-0.05, 0) is 92.1 Å². The molecule has 0 aromatic heterocycles. The molecule has 1 aliphatic rings. The lowest BCUT2D eigenvalue weighted by Crippen LogP contribution is -2.24. The molecule has 1 saturated carbocycles. The van der Waals surface area contributed by atoms with E-state index in [0.717, 1.165) is 41.3 Å². The third kappa shape index (κ3) is 11.2. The third-order valence-electron chi connectivity index (χ3n) is 7.34. The molecule has 0 bridgehead atoms. The third-order valence-corrected chi connectivity index (χ3v) is 7.34. The van der Waals surface area contributed by atoms with Crippen LogP contribution in [-0.4, -0.2) is 23.6 Å². The van der Waals surface area contributed by atoms with Gasteiger partial charge in [0.25, 0.3) is 0 Å².